The summed E-state index contributed by atoms with van der Waals surface area (Å²) >= 11 is 6.02. The second kappa shape index (κ2) is 8.75. The van der Waals surface area contributed by atoms with Crippen LogP contribution in [0.4, 0.5) is 0 Å². The van der Waals surface area contributed by atoms with E-state index in [0.717, 1.165) is 11.1 Å². The molecule has 0 heterocycles. The zero-order chi connectivity index (χ0) is 20.1. The van der Waals surface area contributed by atoms with Gasteiger partial charge in [-0.15, -0.1) is 0 Å². The fourth-order valence-electron chi connectivity index (χ4n) is 2.97. The molecule has 0 aliphatic heterocycles. The SMILES string of the molecule is COc1ccc(Cl)cc1S(=O)(=O)N[C@@H](c1ccccc1)[C@@H](N)c1ccccc1. The smallest absolute Gasteiger partial charge is 0.244 e. The van der Waals surface area contributed by atoms with Crippen molar-refractivity contribution in [2.45, 2.75) is 17.0 Å². The molecular formula is C21H21ClN2O3S. The number of hydrogen-bond acceptors (Lipinski definition) is 4. The van der Waals surface area contributed by atoms with Gasteiger partial charge in [0.25, 0.3) is 0 Å². The van der Waals surface area contributed by atoms with Gasteiger partial charge in [-0.1, -0.05) is 72.3 Å². The Labute approximate surface area is 170 Å². The Hall–Kier alpha value is -2.38. The summed E-state index contributed by atoms with van der Waals surface area (Å²) in [7, 11) is -2.56. The summed E-state index contributed by atoms with van der Waals surface area (Å²) in [6.45, 7) is 0. The molecule has 3 N–H and O–H groups in total. The summed E-state index contributed by atoms with van der Waals surface area (Å²) in [6, 6.07) is 21.8. The molecule has 0 fully saturated rings. The zero-order valence-electron chi connectivity index (χ0n) is 15.2. The molecular weight excluding hydrogens is 396 g/mol. The van der Waals surface area contributed by atoms with Crippen LogP contribution in [-0.4, -0.2) is 15.5 Å². The van der Waals surface area contributed by atoms with Crippen molar-refractivity contribution in [3.63, 3.8) is 0 Å². The van der Waals surface area contributed by atoms with Crippen molar-refractivity contribution >= 4 is 21.6 Å². The average Bonchev–Trinajstić information content (AvgIpc) is 2.73. The van der Waals surface area contributed by atoms with Crippen LogP contribution in [0.15, 0.2) is 83.8 Å². The number of sulfonamides is 1. The number of hydrogen-bond donors (Lipinski definition) is 2. The molecule has 3 aromatic rings. The molecule has 0 bridgehead atoms. The highest BCUT2D eigenvalue weighted by molar-refractivity contribution is 7.89. The van der Waals surface area contributed by atoms with Crippen LogP contribution in [0.2, 0.25) is 5.02 Å². The average molecular weight is 417 g/mol. The molecule has 3 aromatic carbocycles. The Morgan fingerprint density at radius 2 is 1.50 bits per heavy atom. The quantitative estimate of drug-likeness (QED) is 0.608. The monoisotopic (exact) mass is 416 g/mol. The van der Waals surface area contributed by atoms with E-state index in [9.17, 15) is 8.42 Å². The van der Waals surface area contributed by atoms with Crippen molar-refractivity contribution in [2.75, 3.05) is 7.11 Å². The molecule has 0 saturated heterocycles. The number of ether oxygens (including phenoxy) is 1. The van der Waals surface area contributed by atoms with Gasteiger partial charge in [-0.05, 0) is 29.3 Å². The van der Waals surface area contributed by atoms with Crippen LogP contribution in [0.5, 0.6) is 5.75 Å². The van der Waals surface area contributed by atoms with E-state index in [1.807, 2.05) is 60.7 Å². The number of halogens is 1. The largest absolute Gasteiger partial charge is 0.495 e. The van der Waals surface area contributed by atoms with Gasteiger partial charge in [-0.2, -0.15) is 0 Å². The first kappa shape index (κ1) is 20.4. The van der Waals surface area contributed by atoms with Crippen molar-refractivity contribution < 1.29 is 13.2 Å². The zero-order valence-corrected chi connectivity index (χ0v) is 16.8. The van der Waals surface area contributed by atoms with Crippen LogP contribution in [-0.2, 0) is 10.0 Å². The summed E-state index contributed by atoms with van der Waals surface area (Å²) < 4.78 is 34.3. The molecule has 0 aliphatic carbocycles. The molecule has 2 atom stereocenters. The van der Waals surface area contributed by atoms with Gasteiger partial charge in [0.2, 0.25) is 10.0 Å². The fraction of sp³-hybridized carbons (Fsp3) is 0.143. The van der Waals surface area contributed by atoms with Crippen LogP contribution >= 0.6 is 11.6 Å². The minimum Gasteiger partial charge on any atom is -0.495 e. The number of nitrogens with one attached hydrogen (secondary N) is 1. The molecule has 0 spiro atoms. The molecule has 0 aliphatic rings. The van der Waals surface area contributed by atoms with Crippen LogP contribution in [0.25, 0.3) is 0 Å². The van der Waals surface area contributed by atoms with Crippen molar-refractivity contribution in [2.24, 2.45) is 5.73 Å². The van der Waals surface area contributed by atoms with E-state index in [0.29, 0.717) is 5.02 Å². The lowest BCUT2D eigenvalue weighted by Gasteiger charge is -2.26. The van der Waals surface area contributed by atoms with Crippen LogP contribution in [0.3, 0.4) is 0 Å². The van der Waals surface area contributed by atoms with Crippen LogP contribution in [0, 0.1) is 0 Å². The van der Waals surface area contributed by atoms with E-state index in [1.54, 1.807) is 6.07 Å². The highest BCUT2D eigenvalue weighted by Gasteiger charge is 2.29. The summed E-state index contributed by atoms with van der Waals surface area (Å²) in [5, 5.41) is 0.296. The first-order valence-corrected chi connectivity index (χ1v) is 10.5. The van der Waals surface area contributed by atoms with E-state index in [1.165, 1.54) is 19.2 Å². The van der Waals surface area contributed by atoms with Gasteiger partial charge >= 0.3 is 0 Å². The van der Waals surface area contributed by atoms with E-state index < -0.39 is 22.1 Å². The van der Waals surface area contributed by atoms with E-state index in [4.69, 9.17) is 22.1 Å². The normalized spacial score (nSPS) is 13.7. The Bertz CT molecular complexity index is 1030. The molecule has 0 unspecified atom stereocenters. The van der Waals surface area contributed by atoms with Crippen molar-refractivity contribution in [1.29, 1.82) is 0 Å². The maximum atomic E-state index is 13.2. The lowest BCUT2D eigenvalue weighted by molar-refractivity contribution is 0.401. The summed E-state index contributed by atoms with van der Waals surface area (Å²) in [5.41, 5.74) is 8.04. The van der Waals surface area contributed by atoms with Gasteiger partial charge in [-0.3, -0.25) is 0 Å². The highest BCUT2D eigenvalue weighted by Crippen LogP contribution is 2.32. The minimum atomic E-state index is -3.97. The maximum absolute atomic E-state index is 13.2. The summed E-state index contributed by atoms with van der Waals surface area (Å²) in [5.74, 6) is 0.206. The molecule has 0 radical (unpaired) electrons. The van der Waals surface area contributed by atoms with E-state index >= 15 is 0 Å². The van der Waals surface area contributed by atoms with E-state index in [2.05, 4.69) is 4.72 Å². The number of nitrogens with two attached hydrogens (primary N) is 1. The third kappa shape index (κ3) is 4.54. The summed E-state index contributed by atoms with van der Waals surface area (Å²) in [4.78, 5) is -0.0382. The first-order valence-electron chi connectivity index (χ1n) is 8.64. The molecule has 7 heteroatoms. The van der Waals surface area contributed by atoms with Crippen molar-refractivity contribution in [1.82, 2.24) is 4.72 Å². The van der Waals surface area contributed by atoms with Crippen LogP contribution < -0.4 is 15.2 Å². The van der Waals surface area contributed by atoms with Crippen molar-refractivity contribution in [3.8, 4) is 5.75 Å². The van der Waals surface area contributed by atoms with Gasteiger partial charge in [0.15, 0.2) is 0 Å². The minimum absolute atomic E-state index is 0.0382. The Morgan fingerprint density at radius 3 is 2.07 bits per heavy atom. The third-order valence-corrected chi connectivity index (χ3v) is 6.10. The second-order valence-corrected chi connectivity index (χ2v) is 8.36. The van der Waals surface area contributed by atoms with Gasteiger partial charge < -0.3 is 10.5 Å². The fourth-order valence-corrected chi connectivity index (χ4v) is 4.65. The second-order valence-electron chi connectivity index (χ2n) is 6.24. The molecule has 0 amide bonds. The maximum Gasteiger partial charge on any atom is 0.244 e. The third-order valence-electron chi connectivity index (χ3n) is 4.40. The molecule has 5 nitrogen and oxygen atoms in total. The molecule has 3 rings (SSSR count). The topological polar surface area (TPSA) is 81.4 Å². The lowest BCUT2D eigenvalue weighted by atomic mass is 9.95. The van der Waals surface area contributed by atoms with Crippen molar-refractivity contribution in [3.05, 3.63) is 95.0 Å². The Balaban J connectivity index is 2.03. The Kier molecular flexibility index (Phi) is 6.36. The van der Waals surface area contributed by atoms with Crippen LogP contribution in [0.1, 0.15) is 23.2 Å². The van der Waals surface area contributed by atoms with Gasteiger partial charge in [0, 0.05) is 5.02 Å². The van der Waals surface area contributed by atoms with Gasteiger partial charge in [0.1, 0.15) is 10.6 Å². The number of methoxy groups -OCH3 is 1. The summed E-state index contributed by atoms with van der Waals surface area (Å²) in [6.07, 6.45) is 0. The molecule has 146 valence electrons. The molecule has 0 saturated carbocycles. The molecule has 0 aromatic heterocycles. The number of rotatable bonds is 7. The lowest BCUT2D eigenvalue weighted by Crippen LogP contribution is -2.36. The molecule has 28 heavy (non-hydrogen) atoms. The Morgan fingerprint density at radius 1 is 0.929 bits per heavy atom. The highest BCUT2D eigenvalue weighted by atomic mass is 35.5. The van der Waals surface area contributed by atoms with Gasteiger partial charge in [0.05, 0.1) is 19.2 Å². The first-order chi connectivity index (χ1) is 13.4. The number of benzene rings is 3. The standard InChI is InChI=1S/C21H21ClN2O3S/c1-27-18-13-12-17(22)14-19(18)28(25,26)24-21(16-10-6-3-7-11-16)20(23)15-8-4-2-5-9-15/h2-14,20-21,24H,23H2,1H3/t20-,21-/m0/s1. The predicted octanol–water partition coefficient (Wildman–Crippen LogP) is 4.07. The van der Waals surface area contributed by atoms with Gasteiger partial charge in [-0.25, -0.2) is 13.1 Å². The van der Waals surface area contributed by atoms with E-state index in [-0.39, 0.29) is 10.6 Å². The predicted molar refractivity (Wildman–Crippen MR) is 111 cm³/mol.